The van der Waals surface area contributed by atoms with Gasteiger partial charge in [-0.05, 0) is 6.07 Å². The molecule has 0 spiro atoms. The molecule has 0 unspecified atom stereocenters. The number of benzene rings is 1. The first kappa shape index (κ1) is 12.2. The lowest BCUT2D eigenvalue weighted by Crippen LogP contribution is -2.25. The fraction of sp³-hybridized carbons (Fsp3) is 0.167. The van der Waals surface area contributed by atoms with Crippen molar-refractivity contribution < 1.29 is 13.6 Å². The smallest absolute Gasteiger partial charge is 0.224 e. The topological polar surface area (TPSA) is 57.8 Å². The Hall–Kier alpha value is -2.24. The molecule has 0 atom stereocenters. The van der Waals surface area contributed by atoms with Crippen LogP contribution in [-0.4, -0.2) is 15.9 Å². The van der Waals surface area contributed by atoms with Crippen LogP contribution in [0.4, 0.5) is 8.78 Å². The van der Waals surface area contributed by atoms with Crippen molar-refractivity contribution in [2.24, 2.45) is 0 Å². The number of hydrogen-bond donors (Lipinski definition) is 2. The summed E-state index contributed by atoms with van der Waals surface area (Å²) in [6, 6.07) is 3.77. The molecule has 0 aliphatic rings. The molecule has 1 heterocycles. The van der Waals surface area contributed by atoms with Gasteiger partial charge in [-0.15, -0.1) is 0 Å². The standard InChI is InChI=1S/C12H11F2N3O/c13-10-3-1-2-8(12(10)14)4-11(18)16-6-9-5-15-7-17-9/h1-3,5,7H,4,6H2,(H,15,17)(H,16,18). The van der Waals surface area contributed by atoms with Gasteiger partial charge in [0.15, 0.2) is 11.6 Å². The summed E-state index contributed by atoms with van der Waals surface area (Å²) < 4.78 is 26.2. The third-order valence-electron chi connectivity index (χ3n) is 2.41. The van der Waals surface area contributed by atoms with E-state index in [0.717, 1.165) is 11.8 Å². The molecule has 0 saturated heterocycles. The van der Waals surface area contributed by atoms with Crippen molar-refractivity contribution >= 4 is 5.91 Å². The number of aromatic amines is 1. The van der Waals surface area contributed by atoms with Crippen LogP contribution in [0.5, 0.6) is 0 Å². The molecule has 2 N–H and O–H groups in total. The molecule has 0 aliphatic carbocycles. The monoisotopic (exact) mass is 251 g/mol. The van der Waals surface area contributed by atoms with Gasteiger partial charge < -0.3 is 10.3 Å². The first-order valence-electron chi connectivity index (χ1n) is 5.33. The van der Waals surface area contributed by atoms with Crippen molar-refractivity contribution in [3.05, 3.63) is 53.6 Å². The average Bonchev–Trinajstić information content (AvgIpc) is 2.86. The van der Waals surface area contributed by atoms with E-state index in [2.05, 4.69) is 15.3 Å². The van der Waals surface area contributed by atoms with Gasteiger partial charge in [0.2, 0.25) is 5.91 Å². The molecule has 0 radical (unpaired) electrons. The zero-order valence-corrected chi connectivity index (χ0v) is 9.41. The Kier molecular flexibility index (Phi) is 3.66. The van der Waals surface area contributed by atoms with Gasteiger partial charge in [-0.3, -0.25) is 4.79 Å². The molecule has 6 heteroatoms. The second-order valence-corrected chi connectivity index (χ2v) is 3.74. The summed E-state index contributed by atoms with van der Waals surface area (Å²) in [7, 11) is 0. The zero-order valence-electron chi connectivity index (χ0n) is 9.41. The van der Waals surface area contributed by atoms with Crippen LogP contribution in [0.1, 0.15) is 11.3 Å². The Bertz CT molecular complexity index is 540. The molecule has 2 aromatic rings. The summed E-state index contributed by atoms with van der Waals surface area (Å²) in [4.78, 5) is 18.1. The Morgan fingerprint density at radius 3 is 2.94 bits per heavy atom. The number of H-pyrrole nitrogens is 1. The number of nitrogens with zero attached hydrogens (tertiary/aromatic N) is 1. The molecule has 4 nitrogen and oxygen atoms in total. The van der Waals surface area contributed by atoms with Crippen LogP contribution in [0.15, 0.2) is 30.7 Å². The summed E-state index contributed by atoms with van der Waals surface area (Å²) >= 11 is 0. The molecule has 94 valence electrons. The fourth-order valence-electron chi connectivity index (χ4n) is 1.50. The van der Waals surface area contributed by atoms with Gasteiger partial charge in [-0.1, -0.05) is 12.1 Å². The molecule has 0 aliphatic heterocycles. The fourth-order valence-corrected chi connectivity index (χ4v) is 1.50. The molecule has 0 fully saturated rings. The van der Waals surface area contributed by atoms with Gasteiger partial charge in [-0.2, -0.15) is 0 Å². The van der Waals surface area contributed by atoms with Crippen LogP contribution in [0, 0.1) is 11.6 Å². The summed E-state index contributed by atoms with van der Waals surface area (Å²) in [5, 5.41) is 2.58. The van der Waals surface area contributed by atoms with Crippen molar-refractivity contribution in [3.63, 3.8) is 0 Å². The maximum Gasteiger partial charge on any atom is 0.224 e. The highest BCUT2D eigenvalue weighted by Gasteiger charge is 2.11. The predicted octanol–water partition coefficient (Wildman–Crippen LogP) is 1.55. The van der Waals surface area contributed by atoms with Gasteiger partial charge in [0, 0.05) is 11.8 Å². The molecule has 18 heavy (non-hydrogen) atoms. The highest BCUT2D eigenvalue weighted by Crippen LogP contribution is 2.11. The average molecular weight is 251 g/mol. The second kappa shape index (κ2) is 5.39. The van der Waals surface area contributed by atoms with Crippen LogP contribution < -0.4 is 5.32 Å². The van der Waals surface area contributed by atoms with Gasteiger partial charge in [-0.25, -0.2) is 13.8 Å². The van der Waals surface area contributed by atoms with E-state index in [-0.39, 0.29) is 24.4 Å². The Labute approximate surface area is 102 Å². The zero-order chi connectivity index (χ0) is 13.0. The molecular weight excluding hydrogens is 240 g/mol. The predicted molar refractivity (Wildman–Crippen MR) is 60.5 cm³/mol. The van der Waals surface area contributed by atoms with Gasteiger partial charge in [0.25, 0.3) is 0 Å². The number of carbonyl (C=O) groups is 1. The molecule has 2 rings (SSSR count). The number of halogens is 2. The van der Waals surface area contributed by atoms with E-state index in [4.69, 9.17) is 0 Å². The summed E-state index contributed by atoms with van der Waals surface area (Å²) in [5.74, 6) is -2.31. The highest BCUT2D eigenvalue weighted by atomic mass is 19.2. The number of hydrogen-bond acceptors (Lipinski definition) is 2. The minimum absolute atomic E-state index is 0.0390. The van der Waals surface area contributed by atoms with E-state index in [1.807, 2.05) is 0 Å². The third-order valence-corrected chi connectivity index (χ3v) is 2.41. The van der Waals surface area contributed by atoms with Crippen molar-refractivity contribution in [3.8, 4) is 0 Å². The van der Waals surface area contributed by atoms with E-state index in [0.29, 0.717) is 0 Å². The number of rotatable bonds is 4. The van der Waals surface area contributed by atoms with Crippen molar-refractivity contribution in [2.75, 3.05) is 0 Å². The first-order valence-corrected chi connectivity index (χ1v) is 5.33. The SMILES string of the molecule is O=C(Cc1cccc(F)c1F)NCc1cnc[nH]1. The molecular formula is C12H11F2N3O. The van der Waals surface area contributed by atoms with Crippen LogP contribution in [0.3, 0.4) is 0 Å². The molecule has 0 bridgehead atoms. The summed E-state index contributed by atoms with van der Waals surface area (Å²) in [6.07, 6.45) is 2.87. The van der Waals surface area contributed by atoms with Gasteiger partial charge in [0.1, 0.15) is 0 Å². The minimum Gasteiger partial charge on any atom is -0.350 e. The van der Waals surface area contributed by atoms with E-state index >= 15 is 0 Å². The normalized spacial score (nSPS) is 10.3. The molecule has 1 aromatic heterocycles. The quantitative estimate of drug-likeness (QED) is 0.866. The van der Waals surface area contributed by atoms with Crippen LogP contribution >= 0.6 is 0 Å². The van der Waals surface area contributed by atoms with E-state index < -0.39 is 11.6 Å². The third kappa shape index (κ3) is 2.91. The maximum atomic E-state index is 13.3. The highest BCUT2D eigenvalue weighted by molar-refractivity contribution is 5.78. The van der Waals surface area contributed by atoms with Gasteiger partial charge in [0.05, 0.1) is 25.0 Å². The van der Waals surface area contributed by atoms with E-state index in [9.17, 15) is 13.6 Å². The Morgan fingerprint density at radius 2 is 2.22 bits per heavy atom. The molecule has 1 aromatic carbocycles. The summed E-state index contributed by atoms with van der Waals surface area (Å²) in [5.41, 5.74) is 0.778. The Morgan fingerprint density at radius 1 is 1.39 bits per heavy atom. The van der Waals surface area contributed by atoms with Crippen molar-refractivity contribution in [2.45, 2.75) is 13.0 Å². The lowest BCUT2D eigenvalue weighted by molar-refractivity contribution is -0.120. The van der Waals surface area contributed by atoms with Crippen LogP contribution in [0.25, 0.3) is 0 Å². The maximum absolute atomic E-state index is 13.3. The lowest BCUT2D eigenvalue weighted by atomic mass is 10.1. The largest absolute Gasteiger partial charge is 0.350 e. The van der Waals surface area contributed by atoms with Crippen molar-refractivity contribution in [1.82, 2.24) is 15.3 Å². The van der Waals surface area contributed by atoms with Crippen LogP contribution in [-0.2, 0) is 17.8 Å². The lowest BCUT2D eigenvalue weighted by Gasteiger charge is -2.05. The van der Waals surface area contributed by atoms with Crippen molar-refractivity contribution in [1.29, 1.82) is 0 Å². The molecule has 1 amide bonds. The summed E-state index contributed by atoms with van der Waals surface area (Å²) in [6.45, 7) is 0.274. The molecule has 0 saturated carbocycles. The van der Waals surface area contributed by atoms with Gasteiger partial charge >= 0.3 is 0 Å². The minimum atomic E-state index is -0.978. The Balaban J connectivity index is 1.93. The van der Waals surface area contributed by atoms with E-state index in [1.54, 1.807) is 6.20 Å². The number of imidazole rings is 1. The number of aromatic nitrogens is 2. The number of nitrogens with one attached hydrogen (secondary N) is 2. The first-order chi connectivity index (χ1) is 8.66. The van der Waals surface area contributed by atoms with Crippen LogP contribution in [0.2, 0.25) is 0 Å². The second-order valence-electron chi connectivity index (χ2n) is 3.74. The number of carbonyl (C=O) groups excluding carboxylic acids is 1. The number of amides is 1. The van der Waals surface area contributed by atoms with E-state index in [1.165, 1.54) is 18.5 Å².